The van der Waals surface area contributed by atoms with E-state index in [1.54, 1.807) is 4.68 Å². The summed E-state index contributed by atoms with van der Waals surface area (Å²) in [6.07, 6.45) is 4.01. The van der Waals surface area contributed by atoms with Crippen molar-refractivity contribution >= 4 is 9.84 Å². The van der Waals surface area contributed by atoms with Crippen molar-refractivity contribution in [3.63, 3.8) is 0 Å². The van der Waals surface area contributed by atoms with Crippen LogP contribution in [0.15, 0.2) is 41.6 Å². The van der Waals surface area contributed by atoms with E-state index in [0.29, 0.717) is 6.54 Å². The molecule has 1 heterocycles. The zero-order valence-electron chi connectivity index (χ0n) is 9.94. The molecular formula is C12H14N2O3S. The quantitative estimate of drug-likeness (QED) is 0.889. The molecule has 2 aromatic rings. The predicted molar refractivity (Wildman–Crippen MR) is 66.8 cm³/mol. The fourth-order valence-corrected chi connectivity index (χ4v) is 2.11. The van der Waals surface area contributed by atoms with Crippen molar-refractivity contribution in [1.29, 1.82) is 0 Å². The van der Waals surface area contributed by atoms with Gasteiger partial charge in [-0.15, -0.1) is 0 Å². The minimum Gasteiger partial charge on any atom is -0.392 e. The first-order valence-corrected chi connectivity index (χ1v) is 7.29. The summed E-state index contributed by atoms with van der Waals surface area (Å²) in [6.45, 7) is 0.515. The Morgan fingerprint density at radius 3 is 2.33 bits per heavy atom. The molecule has 2 rings (SSSR count). The van der Waals surface area contributed by atoms with Crippen LogP contribution in [0.3, 0.4) is 0 Å². The molecule has 1 aromatic carbocycles. The van der Waals surface area contributed by atoms with Crippen LogP contribution in [-0.4, -0.2) is 29.6 Å². The number of sulfone groups is 1. The summed E-state index contributed by atoms with van der Waals surface area (Å²) in [4.78, 5) is 0.217. The highest BCUT2D eigenvalue weighted by Crippen LogP contribution is 2.10. The van der Waals surface area contributed by atoms with E-state index >= 15 is 0 Å². The Hall–Kier alpha value is -1.66. The number of aliphatic hydroxyl groups is 1. The molecule has 1 N–H and O–H groups in total. The van der Waals surface area contributed by atoms with E-state index in [0.717, 1.165) is 17.4 Å². The smallest absolute Gasteiger partial charge is 0.178 e. The molecule has 0 saturated carbocycles. The minimum absolute atomic E-state index is 0.0142. The first-order valence-electron chi connectivity index (χ1n) is 5.40. The third kappa shape index (κ3) is 2.96. The largest absolute Gasteiger partial charge is 0.392 e. The van der Waals surface area contributed by atoms with Crippen molar-refractivity contribution in [1.82, 2.24) is 9.78 Å². The molecule has 0 amide bonds. The molecule has 6 heteroatoms. The third-order valence-electron chi connectivity index (χ3n) is 2.59. The molecule has 0 bridgehead atoms. The SMILES string of the molecule is CS(=O)(=O)c1cnn(Cc2ccc(CO)cc2)c1. The van der Waals surface area contributed by atoms with Crippen LogP contribution in [0.4, 0.5) is 0 Å². The lowest BCUT2D eigenvalue weighted by Gasteiger charge is -2.02. The number of aliphatic hydroxyl groups excluding tert-OH is 1. The molecule has 5 nitrogen and oxygen atoms in total. The predicted octanol–water partition coefficient (Wildman–Crippen LogP) is 0.827. The summed E-state index contributed by atoms with van der Waals surface area (Å²) in [7, 11) is -3.20. The molecule has 0 spiro atoms. The van der Waals surface area contributed by atoms with Crippen molar-refractivity contribution in [3.8, 4) is 0 Å². The van der Waals surface area contributed by atoms with Gasteiger partial charge < -0.3 is 5.11 Å². The van der Waals surface area contributed by atoms with Gasteiger partial charge in [0.2, 0.25) is 0 Å². The van der Waals surface area contributed by atoms with Crippen LogP contribution in [0.2, 0.25) is 0 Å². The van der Waals surface area contributed by atoms with E-state index in [9.17, 15) is 8.42 Å². The van der Waals surface area contributed by atoms with Gasteiger partial charge in [0.1, 0.15) is 4.90 Å². The summed E-state index contributed by atoms with van der Waals surface area (Å²) >= 11 is 0. The summed E-state index contributed by atoms with van der Waals surface area (Å²) < 4.78 is 24.2. The van der Waals surface area contributed by atoms with Crippen LogP contribution in [0.5, 0.6) is 0 Å². The Balaban J connectivity index is 2.16. The van der Waals surface area contributed by atoms with Crippen LogP contribution >= 0.6 is 0 Å². The second-order valence-corrected chi connectivity index (χ2v) is 6.14. The highest BCUT2D eigenvalue weighted by atomic mass is 32.2. The Labute approximate surface area is 106 Å². The normalized spacial score (nSPS) is 11.7. The zero-order chi connectivity index (χ0) is 13.2. The number of hydrogen-bond acceptors (Lipinski definition) is 4. The Morgan fingerprint density at radius 2 is 1.83 bits per heavy atom. The van der Waals surface area contributed by atoms with E-state index in [-0.39, 0.29) is 11.5 Å². The molecule has 0 aliphatic rings. The number of benzene rings is 1. The zero-order valence-corrected chi connectivity index (χ0v) is 10.8. The first kappa shape index (κ1) is 12.8. The monoisotopic (exact) mass is 266 g/mol. The lowest BCUT2D eigenvalue weighted by molar-refractivity contribution is 0.282. The summed E-state index contributed by atoms with van der Waals surface area (Å²) in [5.74, 6) is 0. The van der Waals surface area contributed by atoms with E-state index in [1.165, 1.54) is 12.4 Å². The first-order chi connectivity index (χ1) is 8.49. The van der Waals surface area contributed by atoms with Gasteiger partial charge in [-0.1, -0.05) is 24.3 Å². The van der Waals surface area contributed by atoms with E-state index in [4.69, 9.17) is 5.11 Å². The van der Waals surface area contributed by atoms with E-state index in [2.05, 4.69) is 5.10 Å². The molecule has 0 unspecified atom stereocenters. The third-order valence-corrected chi connectivity index (χ3v) is 3.65. The van der Waals surface area contributed by atoms with Crippen molar-refractivity contribution in [2.75, 3.05) is 6.26 Å². The highest BCUT2D eigenvalue weighted by Gasteiger charge is 2.09. The maximum absolute atomic E-state index is 11.3. The average Bonchev–Trinajstić information content (AvgIpc) is 2.78. The van der Waals surface area contributed by atoms with E-state index in [1.807, 2.05) is 24.3 Å². The molecule has 96 valence electrons. The maximum atomic E-state index is 11.3. The Bertz CT molecular complexity index is 630. The van der Waals surface area contributed by atoms with Gasteiger partial charge in [-0.05, 0) is 11.1 Å². The molecule has 0 atom stereocenters. The van der Waals surface area contributed by atoms with Crippen molar-refractivity contribution in [2.24, 2.45) is 0 Å². The van der Waals surface area contributed by atoms with Crippen molar-refractivity contribution in [3.05, 3.63) is 47.8 Å². The summed E-state index contributed by atoms with van der Waals surface area (Å²) in [5, 5.41) is 12.9. The topological polar surface area (TPSA) is 72.2 Å². The number of rotatable bonds is 4. The Kier molecular flexibility index (Phi) is 3.49. The van der Waals surface area contributed by atoms with Gasteiger partial charge in [0.15, 0.2) is 9.84 Å². The summed E-state index contributed by atoms with van der Waals surface area (Å²) in [6, 6.07) is 7.42. The van der Waals surface area contributed by atoms with Gasteiger partial charge in [-0.2, -0.15) is 5.10 Å². The van der Waals surface area contributed by atoms with Gasteiger partial charge in [0.25, 0.3) is 0 Å². The molecule has 0 radical (unpaired) electrons. The molecule has 0 fully saturated rings. The second kappa shape index (κ2) is 4.91. The standard InChI is InChI=1S/C12H14N2O3S/c1-18(16,17)12-6-13-14(8-12)7-10-2-4-11(9-15)5-3-10/h2-6,8,15H,7,9H2,1H3. The maximum Gasteiger partial charge on any atom is 0.178 e. The van der Waals surface area contributed by atoms with Gasteiger partial charge in [0, 0.05) is 12.5 Å². The number of nitrogens with zero attached hydrogens (tertiary/aromatic N) is 2. The second-order valence-electron chi connectivity index (χ2n) is 4.12. The molecular weight excluding hydrogens is 252 g/mol. The highest BCUT2D eigenvalue weighted by molar-refractivity contribution is 7.90. The lowest BCUT2D eigenvalue weighted by atomic mass is 10.1. The van der Waals surface area contributed by atoms with Crippen LogP contribution in [-0.2, 0) is 23.0 Å². The number of aromatic nitrogens is 2. The van der Waals surface area contributed by atoms with Crippen LogP contribution in [0.1, 0.15) is 11.1 Å². The molecule has 1 aromatic heterocycles. The van der Waals surface area contributed by atoms with Crippen LogP contribution < -0.4 is 0 Å². The summed E-state index contributed by atoms with van der Waals surface area (Å²) in [5.41, 5.74) is 1.84. The van der Waals surface area contributed by atoms with Crippen molar-refractivity contribution in [2.45, 2.75) is 18.0 Å². The lowest BCUT2D eigenvalue weighted by Crippen LogP contribution is -2.00. The van der Waals surface area contributed by atoms with Gasteiger partial charge in [-0.25, -0.2) is 8.42 Å². The number of hydrogen-bond donors (Lipinski definition) is 1. The fraction of sp³-hybridized carbons (Fsp3) is 0.250. The minimum atomic E-state index is -3.20. The van der Waals surface area contributed by atoms with E-state index < -0.39 is 9.84 Å². The Morgan fingerprint density at radius 1 is 1.22 bits per heavy atom. The van der Waals surface area contributed by atoms with Crippen LogP contribution in [0.25, 0.3) is 0 Å². The molecule has 0 aliphatic heterocycles. The van der Waals surface area contributed by atoms with Gasteiger partial charge in [-0.3, -0.25) is 4.68 Å². The van der Waals surface area contributed by atoms with Crippen LogP contribution in [0, 0.1) is 0 Å². The van der Waals surface area contributed by atoms with Gasteiger partial charge >= 0.3 is 0 Å². The van der Waals surface area contributed by atoms with Crippen molar-refractivity contribution < 1.29 is 13.5 Å². The van der Waals surface area contributed by atoms with Gasteiger partial charge in [0.05, 0.1) is 19.3 Å². The molecule has 18 heavy (non-hydrogen) atoms. The molecule has 0 saturated heterocycles. The average molecular weight is 266 g/mol. The fourth-order valence-electron chi connectivity index (χ4n) is 1.56. The molecule has 0 aliphatic carbocycles.